The molecule has 4 nitrogen and oxygen atoms in total. The lowest BCUT2D eigenvalue weighted by Crippen LogP contribution is -2.19. The van der Waals surface area contributed by atoms with Crippen LogP contribution in [0.1, 0.15) is 10.8 Å². The number of anilines is 1. The van der Waals surface area contributed by atoms with E-state index in [-0.39, 0.29) is 11.7 Å². The standard InChI is InChI=1S/C21H15ClFN3OS/c22-14-6-11-17-18(12-14)26-21(25-17)28-19(13-4-2-1-3-5-13)20(27)24-16-9-7-15(23)8-10-16/h1-12,19H,(H,24,27)(H,25,26)/t19-/m1/s1. The molecular formula is C21H15ClFN3OS. The monoisotopic (exact) mass is 411 g/mol. The normalized spacial score (nSPS) is 12.1. The molecule has 0 unspecified atom stereocenters. The zero-order chi connectivity index (χ0) is 19.5. The molecule has 0 fully saturated rings. The van der Waals surface area contributed by atoms with Crippen molar-refractivity contribution in [3.63, 3.8) is 0 Å². The number of rotatable bonds is 5. The van der Waals surface area contributed by atoms with Gasteiger partial charge in [-0.15, -0.1) is 0 Å². The number of thioether (sulfide) groups is 1. The molecule has 1 amide bonds. The van der Waals surface area contributed by atoms with E-state index in [1.54, 1.807) is 12.1 Å². The highest BCUT2D eigenvalue weighted by Gasteiger charge is 2.24. The van der Waals surface area contributed by atoms with Gasteiger partial charge in [0.2, 0.25) is 5.91 Å². The number of H-pyrrole nitrogens is 1. The maximum absolute atomic E-state index is 13.1. The van der Waals surface area contributed by atoms with Crippen LogP contribution in [0.2, 0.25) is 5.02 Å². The minimum atomic E-state index is -0.540. The number of amides is 1. The van der Waals surface area contributed by atoms with Gasteiger partial charge in [-0.1, -0.05) is 53.7 Å². The molecule has 4 rings (SSSR count). The van der Waals surface area contributed by atoms with Crippen LogP contribution in [-0.4, -0.2) is 15.9 Å². The van der Waals surface area contributed by atoms with E-state index < -0.39 is 5.25 Å². The van der Waals surface area contributed by atoms with Gasteiger partial charge in [0.1, 0.15) is 11.1 Å². The van der Waals surface area contributed by atoms with Gasteiger partial charge in [-0.2, -0.15) is 0 Å². The number of carbonyl (C=O) groups is 1. The minimum absolute atomic E-state index is 0.221. The predicted octanol–water partition coefficient (Wildman–Crippen LogP) is 5.83. The molecule has 0 aliphatic rings. The second kappa shape index (κ2) is 8.04. The maximum Gasteiger partial charge on any atom is 0.242 e. The zero-order valence-electron chi connectivity index (χ0n) is 14.5. The molecule has 4 aromatic rings. The Bertz CT molecular complexity index is 1120. The number of halogens is 2. The lowest BCUT2D eigenvalue weighted by Gasteiger charge is -2.16. The van der Waals surface area contributed by atoms with E-state index in [4.69, 9.17) is 11.6 Å². The number of benzene rings is 3. The zero-order valence-corrected chi connectivity index (χ0v) is 16.1. The van der Waals surface area contributed by atoms with Gasteiger partial charge in [-0.3, -0.25) is 4.79 Å². The SMILES string of the molecule is O=C(Nc1ccc(F)cc1)[C@H](Sc1nc2ccc(Cl)cc2[nH]1)c1ccccc1. The van der Waals surface area contributed by atoms with Crippen molar-refractivity contribution >= 4 is 46.0 Å². The molecule has 0 aliphatic heterocycles. The lowest BCUT2D eigenvalue weighted by atomic mass is 10.1. The third kappa shape index (κ3) is 4.18. The molecule has 0 spiro atoms. The number of aromatic amines is 1. The van der Waals surface area contributed by atoms with E-state index in [0.717, 1.165) is 16.6 Å². The van der Waals surface area contributed by atoms with Gasteiger partial charge in [-0.25, -0.2) is 9.37 Å². The molecule has 2 N–H and O–H groups in total. The van der Waals surface area contributed by atoms with E-state index in [1.807, 2.05) is 36.4 Å². The largest absolute Gasteiger partial charge is 0.333 e. The van der Waals surface area contributed by atoms with Crippen LogP contribution < -0.4 is 5.32 Å². The number of carbonyl (C=O) groups excluding carboxylic acids is 1. The summed E-state index contributed by atoms with van der Waals surface area (Å²) < 4.78 is 13.1. The molecular weight excluding hydrogens is 397 g/mol. The number of nitrogens with one attached hydrogen (secondary N) is 2. The van der Waals surface area contributed by atoms with E-state index in [1.165, 1.54) is 36.0 Å². The van der Waals surface area contributed by atoms with Crippen molar-refractivity contribution in [3.8, 4) is 0 Å². The van der Waals surface area contributed by atoms with Crippen LogP contribution in [0.3, 0.4) is 0 Å². The summed E-state index contributed by atoms with van der Waals surface area (Å²) in [4.78, 5) is 20.7. The predicted molar refractivity (Wildman–Crippen MR) is 111 cm³/mol. The maximum atomic E-state index is 13.1. The van der Waals surface area contributed by atoms with Crippen molar-refractivity contribution in [2.24, 2.45) is 0 Å². The van der Waals surface area contributed by atoms with Crippen molar-refractivity contribution < 1.29 is 9.18 Å². The Morgan fingerprint density at radius 3 is 2.57 bits per heavy atom. The summed E-state index contributed by atoms with van der Waals surface area (Å²) in [5.41, 5.74) is 2.95. The molecule has 0 saturated heterocycles. The van der Waals surface area contributed by atoms with Gasteiger partial charge in [0.15, 0.2) is 5.16 Å². The Hall–Kier alpha value is -2.83. The number of aromatic nitrogens is 2. The van der Waals surface area contributed by atoms with Gasteiger partial charge in [0, 0.05) is 10.7 Å². The van der Waals surface area contributed by atoms with Crippen LogP contribution in [0.15, 0.2) is 78.0 Å². The summed E-state index contributed by atoms with van der Waals surface area (Å²) in [5.74, 6) is -0.575. The summed E-state index contributed by atoms with van der Waals surface area (Å²) in [6, 6.07) is 20.5. The molecule has 0 saturated carbocycles. The fourth-order valence-electron chi connectivity index (χ4n) is 2.77. The fraction of sp³-hybridized carbons (Fsp3) is 0.0476. The second-order valence-corrected chi connectivity index (χ2v) is 7.64. The molecule has 140 valence electrons. The van der Waals surface area contributed by atoms with Crippen LogP contribution in [0.25, 0.3) is 11.0 Å². The van der Waals surface area contributed by atoms with Gasteiger partial charge in [-0.05, 0) is 48.0 Å². The molecule has 1 heterocycles. The number of hydrogen-bond acceptors (Lipinski definition) is 3. The Morgan fingerprint density at radius 1 is 1.07 bits per heavy atom. The molecule has 0 aliphatic carbocycles. The number of imidazole rings is 1. The van der Waals surface area contributed by atoms with E-state index in [0.29, 0.717) is 15.9 Å². The third-order valence-corrected chi connectivity index (χ3v) is 5.48. The summed E-state index contributed by atoms with van der Waals surface area (Å²) in [7, 11) is 0. The quantitative estimate of drug-likeness (QED) is 0.406. The van der Waals surface area contributed by atoms with Crippen LogP contribution in [0.5, 0.6) is 0 Å². The molecule has 28 heavy (non-hydrogen) atoms. The summed E-state index contributed by atoms with van der Waals surface area (Å²) >= 11 is 7.34. The smallest absolute Gasteiger partial charge is 0.242 e. The lowest BCUT2D eigenvalue weighted by molar-refractivity contribution is -0.115. The Kier molecular flexibility index (Phi) is 5.32. The van der Waals surface area contributed by atoms with Crippen molar-refractivity contribution in [2.45, 2.75) is 10.4 Å². The van der Waals surface area contributed by atoms with Crippen molar-refractivity contribution in [2.75, 3.05) is 5.32 Å². The highest BCUT2D eigenvalue weighted by Crippen LogP contribution is 2.36. The summed E-state index contributed by atoms with van der Waals surface area (Å²) in [5, 5.41) is 3.53. The average molecular weight is 412 g/mol. The molecule has 1 atom stereocenters. The molecule has 1 aromatic heterocycles. The molecule has 0 radical (unpaired) electrons. The topological polar surface area (TPSA) is 57.8 Å². The fourth-order valence-corrected chi connectivity index (χ4v) is 3.94. The van der Waals surface area contributed by atoms with Gasteiger partial charge in [0.25, 0.3) is 0 Å². The van der Waals surface area contributed by atoms with Crippen LogP contribution in [0, 0.1) is 5.82 Å². The average Bonchev–Trinajstić information content (AvgIpc) is 3.10. The first-order chi connectivity index (χ1) is 13.6. The third-order valence-electron chi connectivity index (χ3n) is 4.10. The van der Waals surface area contributed by atoms with E-state index in [2.05, 4.69) is 15.3 Å². The first-order valence-corrected chi connectivity index (χ1v) is 9.77. The van der Waals surface area contributed by atoms with Gasteiger partial charge >= 0.3 is 0 Å². The minimum Gasteiger partial charge on any atom is -0.333 e. The number of hydrogen-bond donors (Lipinski definition) is 2. The highest BCUT2D eigenvalue weighted by atomic mass is 35.5. The Balaban J connectivity index is 1.62. The van der Waals surface area contributed by atoms with E-state index in [9.17, 15) is 9.18 Å². The second-order valence-electron chi connectivity index (χ2n) is 6.11. The van der Waals surface area contributed by atoms with Gasteiger partial charge < -0.3 is 10.3 Å². The Labute approximate surface area is 170 Å². The molecule has 0 bridgehead atoms. The van der Waals surface area contributed by atoms with Crippen molar-refractivity contribution in [1.82, 2.24) is 9.97 Å². The summed E-state index contributed by atoms with van der Waals surface area (Å²) in [6.07, 6.45) is 0. The first-order valence-electron chi connectivity index (χ1n) is 8.52. The van der Waals surface area contributed by atoms with Gasteiger partial charge in [0.05, 0.1) is 11.0 Å². The van der Waals surface area contributed by atoms with Crippen LogP contribution in [-0.2, 0) is 4.79 Å². The number of fused-ring (bicyclic) bond motifs is 1. The van der Waals surface area contributed by atoms with Crippen molar-refractivity contribution in [1.29, 1.82) is 0 Å². The molecule has 7 heteroatoms. The first kappa shape index (κ1) is 18.5. The van der Waals surface area contributed by atoms with E-state index >= 15 is 0 Å². The number of nitrogens with zero attached hydrogens (tertiary/aromatic N) is 1. The summed E-state index contributed by atoms with van der Waals surface area (Å²) in [6.45, 7) is 0. The van der Waals surface area contributed by atoms with Crippen LogP contribution >= 0.6 is 23.4 Å². The van der Waals surface area contributed by atoms with Crippen molar-refractivity contribution in [3.05, 3.63) is 89.2 Å². The highest BCUT2D eigenvalue weighted by molar-refractivity contribution is 8.00. The van der Waals surface area contributed by atoms with Crippen LogP contribution in [0.4, 0.5) is 10.1 Å². The Morgan fingerprint density at radius 2 is 1.82 bits per heavy atom. The molecule has 3 aromatic carbocycles.